The van der Waals surface area contributed by atoms with Crippen molar-refractivity contribution in [3.63, 3.8) is 0 Å². The van der Waals surface area contributed by atoms with Crippen LogP contribution >= 0.6 is 0 Å². The second-order valence-electron chi connectivity index (χ2n) is 1.93. The topological polar surface area (TPSA) is 76.5 Å². The summed E-state index contributed by atoms with van der Waals surface area (Å²) < 4.78 is 0. The summed E-state index contributed by atoms with van der Waals surface area (Å²) in [6.07, 6.45) is 0. The molecule has 0 radical (unpaired) electrons. The Hall–Kier alpha value is -1.15. The Morgan fingerprint density at radius 2 is 2.11 bits per heavy atom. The van der Waals surface area contributed by atoms with Crippen LogP contribution in [0.4, 0.5) is 0 Å². The van der Waals surface area contributed by atoms with Crippen molar-refractivity contribution in [2.75, 3.05) is 0 Å². The highest BCUT2D eigenvalue weighted by Gasteiger charge is 2.13. The van der Waals surface area contributed by atoms with Gasteiger partial charge in [-0.3, -0.25) is 0 Å². The number of aliphatic carboxylic acids is 1. The maximum atomic E-state index is 9.97. The zero-order chi connectivity index (χ0) is 7.44. The molecule has 4 heteroatoms. The lowest BCUT2D eigenvalue weighted by Gasteiger charge is -1.97. The molecule has 0 aliphatic rings. The average molecular weight is 127 g/mol. The molecule has 0 spiro atoms. The summed E-state index contributed by atoms with van der Waals surface area (Å²) in [6.45, 7) is 3.20. The van der Waals surface area contributed by atoms with E-state index in [0.717, 1.165) is 0 Å². The van der Waals surface area contributed by atoms with Gasteiger partial charge < -0.3 is 15.4 Å². The molecule has 0 aromatic carbocycles. The van der Waals surface area contributed by atoms with Gasteiger partial charge in [0.05, 0.1) is 5.92 Å². The summed E-state index contributed by atoms with van der Waals surface area (Å²) in [4.78, 5) is 12.5. The van der Waals surface area contributed by atoms with Crippen molar-refractivity contribution in [2.45, 2.75) is 13.8 Å². The molecule has 0 heterocycles. The van der Waals surface area contributed by atoms with E-state index in [1.54, 1.807) is 13.8 Å². The molecule has 0 saturated carbocycles. The highest BCUT2D eigenvalue weighted by Crippen LogP contribution is 1.91. The van der Waals surface area contributed by atoms with Crippen molar-refractivity contribution in [3.8, 4) is 0 Å². The van der Waals surface area contributed by atoms with Gasteiger partial charge in [0.1, 0.15) is 0 Å². The maximum absolute atomic E-state index is 9.97. The number of carboxylic acid groups (broad SMARTS) is 1. The summed E-state index contributed by atoms with van der Waals surface area (Å²) in [5.41, 5.74) is 7.71. The van der Waals surface area contributed by atoms with E-state index in [1.165, 1.54) is 0 Å². The van der Waals surface area contributed by atoms with Crippen LogP contribution in [-0.2, 0) is 4.79 Å². The van der Waals surface area contributed by atoms with Gasteiger partial charge in [-0.25, -0.2) is 0 Å². The molecule has 0 aliphatic heterocycles. The first-order valence-corrected chi connectivity index (χ1v) is 2.53. The number of carbonyl (C=O) groups is 1. The SMILES string of the molecule is CC(C)C(=[N+]=[N-])C(=O)[O-]. The molecule has 0 N–H and O–H groups in total. The van der Waals surface area contributed by atoms with Gasteiger partial charge in [0.25, 0.3) is 0 Å². The summed E-state index contributed by atoms with van der Waals surface area (Å²) >= 11 is 0. The van der Waals surface area contributed by atoms with E-state index in [-0.39, 0.29) is 11.6 Å². The van der Waals surface area contributed by atoms with Crippen LogP contribution in [0.25, 0.3) is 5.53 Å². The first kappa shape index (κ1) is 7.85. The number of nitrogens with zero attached hydrogens (tertiary/aromatic N) is 2. The van der Waals surface area contributed by atoms with Crippen molar-refractivity contribution < 1.29 is 14.7 Å². The van der Waals surface area contributed by atoms with E-state index in [1.807, 2.05) is 0 Å². The largest absolute Gasteiger partial charge is 0.539 e. The van der Waals surface area contributed by atoms with Crippen LogP contribution in [0.1, 0.15) is 13.8 Å². The number of hydrogen-bond donors (Lipinski definition) is 0. The lowest BCUT2D eigenvalue weighted by atomic mass is 10.1. The summed E-state index contributed by atoms with van der Waals surface area (Å²) in [5.74, 6) is -1.73. The van der Waals surface area contributed by atoms with Crippen molar-refractivity contribution >= 4 is 11.7 Å². The third-order valence-electron chi connectivity index (χ3n) is 0.864. The molecular weight excluding hydrogens is 120 g/mol. The first-order chi connectivity index (χ1) is 4.09. The Balaban J connectivity index is 4.38. The van der Waals surface area contributed by atoms with Gasteiger partial charge >= 0.3 is 5.71 Å². The Labute approximate surface area is 52.7 Å². The lowest BCUT2D eigenvalue weighted by Crippen LogP contribution is -2.35. The predicted molar refractivity (Wildman–Crippen MR) is 28.5 cm³/mol. The molecule has 0 aromatic rings. The second-order valence-corrected chi connectivity index (χ2v) is 1.93. The molecule has 4 nitrogen and oxygen atoms in total. The quantitative estimate of drug-likeness (QED) is 0.273. The fourth-order valence-electron chi connectivity index (χ4n) is 0.392. The zero-order valence-electron chi connectivity index (χ0n) is 5.29. The Morgan fingerprint density at radius 3 is 2.11 bits per heavy atom. The minimum atomic E-state index is -1.42. The van der Waals surface area contributed by atoms with Crippen LogP contribution in [0.15, 0.2) is 0 Å². The molecule has 50 valence electrons. The molecule has 0 atom stereocenters. The zero-order valence-corrected chi connectivity index (χ0v) is 5.29. The second kappa shape index (κ2) is 2.99. The molecule has 0 fully saturated rings. The summed E-state index contributed by atoms with van der Waals surface area (Å²) in [5, 5.41) is 9.97. The van der Waals surface area contributed by atoms with Crippen LogP contribution in [0.5, 0.6) is 0 Å². The number of carboxylic acids is 1. The molecule has 0 saturated heterocycles. The molecule has 0 bridgehead atoms. The van der Waals surface area contributed by atoms with E-state index in [2.05, 4.69) is 4.79 Å². The number of hydrogen-bond acceptors (Lipinski definition) is 2. The average Bonchev–Trinajstić information content (AvgIpc) is 1.64. The molecule has 0 aliphatic carbocycles. The van der Waals surface area contributed by atoms with Crippen LogP contribution in [0, 0.1) is 5.92 Å². The minimum Gasteiger partial charge on any atom is -0.539 e. The van der Waals surface area contributed by atoms with E-state index in [0.29, 0.717) is 0 Å². The van der Waals surface area contributed by atoms with Crippen LogP contribution in [0.3, 0.4) is 0 Å². The monoisotopic (exact) mass is 127 g/mol. The van der Waals surface area contributed by atoms with E-state index >= 15 is 0 Å². The molecule has 0 amide bonds. The van der Waals surface area contributed by atoms with Crippen LogP contribution < -0.4 is 5.11 Å². The summed E-state index contributed by atoms with van der Waals surface area (Å²) in [7, 11) is 0. The van der Waals surface area contributed by atoms with Crippen LogP contribution in [-0.4, -0.2) is 16.5 Å². The number of rotatable bonds is 2. The third kappa shape index (κ3) is 2.06. The molecule has 0 unspecified atom stereocenters. The summed E-state index contributed by atoms with van der Waals surface area (Å²) in [6, 6.07) is 0. The van der Waals surface area contributed by atoms with Gasteiger partial charge in [-0.15, -0.1) is 0 Å². The highest BCUT2D eigenvalue weighted by molar-refractivity contribution is 6.32. The van der Waals surface area contributed by atoms with Crippen LogP contribution in [0.2, 0.25) is 0 Å². The fourth-order valence-corrected chi connectivity index (χ4v) is 0.392. The molecular formula is C5H7N2O2-. The van der Waals surface area contributed by atoms with Crippen molar-refractivity contribution in [1.29, 1.82) is 0 Å². The smallest absolute Gasteiger partial charge is 0.317 e. The lowest BCUT2D eigenvalue weighted by molar-refractivity contribution is -0.297. The normalized spacial score (nSPS) is 8.78. The standard InChI is InChI=1S/C5H8N2O2/c1-3(2)4(7-6)5(8)9/h3H,1-2H3,(H,8,9)/p-1. The maximum Gasteiger partial charge on any atom is 0.317 e. The van der Waals surface area contributed by atoms with Gasteiger partial charge in [-0.1, -0.05) is 13.8 Å². The Morgan fingerprint density at radius 1 is 1.67 bits per heavy atom. The fraction of sp³-hybridized carbons (Fsp3) is 0.600. The highest BCUT2D eigenvalue weighted by atomic mass is 16.4. The Kier molecular flexibility index (Phi) is 2.61. The Bertz CT molecular complexity index is 168. The molecule has 0 aromatic heterocycles. The first-order valence-electron chi connectivity index (χ1n) is 2.53. The van der Waals surface area contributed by atoms with Crippen molar-refractivity contribution in [1.82, 2.24) is 0 Å². The van der Waals surface area contributed by atoms with Gasteiger partial charge in [0, 0.05) is 0 Å². The molecule has 9 heavy (non-hydrogen) atoms. The van der Waals surface area contributed by atoms with Gasteiger partial charge in [0.15, 0.2) is 5.97 Å². The predicted octanol–water partition coefficient (Wildman–Crippen LogP) is -0.937. The van der Waals surface area contributed by atoms with E-state index in [9.17, 15) is 9.90 Å². The molecule has 0 rings (SSSR count). The van der Waals surface area contributed by atoms with Crippen molar-refractivity contribution in [3.05, 3.63) is 5.53 Å². The van der Waals surface area contributed by atoms with Crippen molar-refractivity contribution in [2.24, 2.45) is 5.92 Å². The van der Waals surface area contributed by atoms with E-state index < -0.39 is 5.97 Å². The minimum absolute atomic E-state index is 0.306. The van der Waals surface area contributed by atoms with E-state index in [4.69, 9.17) is 5.53 Å². The van der Waals surface area contributed by atoms with Gasteiger partial charge in [-0.2, -0.15) is 4.79 Å². The van der Waals surface area contributed by atoms with Gasteiger partial charge in [0.2, 0.25) is 0 Å². The van der Waals surface area contributed by atoms with Gasteiger partial charge in [-0.05, 0) is 0 Å². The number of carbonyl (C=O) groups excluding carboxylic acids is 1. The third-order valence-corrected chi connectivity index (χ3v) is 0.864.